The standard InChI is InChI=1S/C15H17N5O3S/c1-19(2)24(22,23)12-5-3-10(4-6-12)14(21)20-8-11-7-17-15(16)18-13(11)9-20/h3-7H,8-9H2,1-2H3,(H2,16,17,18). The molecule has 126 valence electrons. The summed E-state index contributed by atoms with van der Waals surface area (Å²) in [7, 11) is -0.589. The molecule has 0 saturated carbocycles. The van der Waals surface area contributed by atoms with Gasteiger partial charge in [-0.2, -0.15) is 0 Å². The van der Waals surface area contributed by atoms with Gasteiger partial charge in [-0.3, -0.25) is 4.79 Å². The van der Waals surface area contributed by atoms with Crippen molar-refractivity contribution < 1.29 is 13.2 Å². The van der Waals surface area contributed by atoms with E-state index in [1.807, 2.05) is 0 Å². The van der Waals surface area contributed by atoms with Gasteiger partial charge in [0, 0.05) is 38.0 Å². The summed E-state index contributed by atoms with van der Waals surface area (Å²) in [6.45, 7) is 0.769. The van der Waals surface area contributed by atoms with E-state index in [1.54, 1.807) is 11.1 Å². The van der Waals surface area contributed by atoms with E-state index in [9.17, 15) is 13.2 Å². The Labute approximate surface area is 140 Å². The first-order chi connectivity index (χ1) is 11.3. The van der Waals surface area contributed by atoms with Crippen LogP contribution in [0.4, 0.5) is 5.95 Å². The fourth-order valence-corrected chi connectivity index (χ4v) is 3.38. The minimum atomic E-state index is -3.51. The molecule has 1 amide bonds. The number of nitrogens with two attached hydrogens (primary N) is 1. The average molecular weight is 347 g/mol. The Morgan fingerprint density at radius 3 is 2.50 bits per heavy atom. The van der Waals surface area contributed by atoms with Crippen LogP contribution >= 0.6 is 0 Å². The molecule has 2 aromatic rings. The number of rotatable bonds is 3. The molecule has 0 atom stereocenters. The molecule has 0 bridgehead atoms. The minimum absolute atomic E-state index is 0.146. The lowest BCUT2D eigenvalue weighted by Gasteiger charge is -2.16. The molecule has 0 fully saturated rings. The number of benzene rings is 1. The topological polar surface area (TPSA) is 109 Å². The van der Waals surface area contributed by atoms with Crippen LogP contribution in [0.2, 0.25) is 0 Å². The fraction of sp³-hybridized carbons (Fsp3) is 0.267. The van der Waals surface area contributed by atoms with Crippen molar-refractivity contribution >= 4 is 21.9 Å². The molecule has 0 spiro atoms. The average Bonchev–Trinajstić information content (AvgIpc) is 2.97. The first-order valence-corrected chi connectivity index (χ1v) is 8.65. The largest absolute Gasteiger partial charge is 0.368 e. The number of hydrogen-bond acceptors (Lipinski definition) is 6. The monoisotopic (exact) mass is 347 g/mol. The number of carbonyl (C=O) groups excluding carboxylic acids is 1. The summed E-state index contributed by atoms with van der Waals surface area (Å²) in [5, 5.41) is 0. The fourth-order valence-electron chi connectivity index (χ4n) is 2.48. The van der Waals surface area contributed by atoms with E-state index < -0.39 is 10.0 Å². The quantitative estimate of drug-likeness (QED) is 0.864. The summed E-state index contributed by atoms with van der Waals surface area (Å²) < 4.78 is 25.2. The van der Waals surface area contributed by atoms with E-state index in [4.69, 9.17) is 5.73 Å². The third kappa shape index (κ3) is 2.83. The van der Waals surface area contributed by atoms with E-state index >= 15 is 0 Å². The number of fused-ring (bicyclic) bond motifs is 1. The van der Waals surface area contributed by atoms with Crippen LogP contribution in [0, 0.1) is 0 Å². The molecule has 1 aromatic carbocycles. The van der Waals surface area contributed by atoms with Crippen LogP contribution in [0.5, 0.6) is 0 Å². The van der Waals surface area contributed by atoms with Crippen molar-refractivity contribution in [2.75, 3.05) is 19.8 Å². The highest BCUT2D eigenvalue weighted by Gasteiger charge is 2.26. The number of nitrogen functional groups attached to an aromatic ring is 1. The summed E-state index contributed by atoms with van der Waals surface area (Å²) in [6.07, 6.45) is 1.62. The molecule has 0 saturated heterocycles. The van der Waals surface area contributed by atoms with Gasteiger partial charge in [-0.15, -0.1) is 0 Å². The Morgan fingerprint density at radius 2 is 1.88 bits per heavy atom. The second-order valence-electron chi connectivity index (χ2n) is 5.67. The molecule has 1 aromatic heterocycles. The Balaban J connectivity index is 1.80. The van der Waals surface area contributed by atoms with Crippen LogP contribution in [0.1, 0.15) is 21.6 Å². The van der Waals surface area contributed by atoms with Gasteiger partial charge in [0.25, 0.3) is 5.91 Å². The molecule has 1 aliphatic rings. The van der Waals surface area contributed by atoms with Gasteiger partial charge in [-0.25, -0.2) is 22.7 Å². The maximum Gasteiger partial charge on any atom is 0.254 e. The number of aromatic nitrogens is 2. The maximum absolute atomic E-state index is 12.6. The Bertz CT molecular complexity index is 894. The molecule has 0 radical (unpaired) electrons. The summed E-state index contributed by atoms with van der Waals surface area (Å²) >= 11 is 0. The predicted octanol–water partition coefficient (Wildman–Crippen LogP) is 0.465. The molecular formula is C15H17N5O3S. The number of anilines is 1. The first kappa shape index (κ1) is 16.3. The van der Waals surface area contributed by atoms with Crippen molar-refractivity contribution in [3.63, 3.8) is 0 Å². The smallest absolute Gasteiger partial charge is 0.254 e. The summed E-state index contributed by atoms with van der Waals surface area (Å²) in [5.74, 6) is -0.0123. The van der Waals surface area contributed by atoms with Crippen LogP contribution in [-0.4, -0.2) is 47.6 Å². The van der Waals surface area contributed by atoms with Crippen molar-refractivity contribution in [3.05, 3.63) is 47.3 Å². The molecular weight excluding hydrogens is 330 g/mol. The molecule has 9 heteroatoms. The van der Waals surface area contributed by atoms with Gasteiger partial charge < -0.3 is 10.6 Å². The summed E-state index contributed by atoms with van der Waals surface area (Å²) in [5.41, 5.74) is 7.58. The van der Waals surface area contributed by atoms with Crippen LogP contribution < -0.4 is 5.73 Å². The zero-order valence-corrected chi connectivity index (χ0v) is 14.1. The minimum Gasteiger partial charge on any atom is -0.368 e. The van der Waals surface area contributed by atoms with Crippen molar-refractivity contribution in [3.8, 4) is 0 Å². The lowest BCUT2D eigenvalue weighted by atomic mass is 10.2. The van der Waals surface area contributed by atoms with Crippen molar-refractivity contribution in [2.24, 2.45) is 0 Å². The lowest BCUT2D eigenvalue weighted by Crippen LogP contribution is -2.26. The molecule has 24 heavy (non-hydrogen) atoms. The molecule has 8 nitrogen and oxygen atoms in total. The van der Waals surface area contributed by atoms with Crippen molar-refractivity contribution in [1.29, 1.82) is 0 Å². The number of hydrogen-bond donors (Lipinski definition) is 1. The van der Waals surface area contributed by atoms with Gasteiger partial charge in [-0.1, -0.05) is 0 Å². The van der Waals surface area contributed by atoms with E-state index in [-0.39, 0.29) is 16.8 Å². The zero-order valence-electron chi connectivity index (χ0n) is 13.3. The second kappa shape index (κ2) is 5.84. The predicted molar refractivity (Wildman–Crippen MR) is 87.3 cm³/mol. The van der Waals surface area contributed by atoms with Gasteiger partial charge in [-0.05, 0) is 24.3 Å². The summed E-state index contributed by atoms with van der Waals surface area (Å²) in [6, 6.07) is 5.90. The SMILES string of the molecule is CN(C)S(=O)(=O)c1ccc(C(=O)N2Cc3cnc(N)nc3C2)cc1. The van der Waals surface area contributed by atoms with E-state index in [1.165, 1.54) is 38.4 Å². The zero-order chi connectivity index (χ0) is 17.5. The van der Waals surface area contributed by atoms with Crippen molar-refractivity contribution in [1.82, 2.24) is 19.2 Å². The third-order valence-electron chi connectivity index (χ3n) is 3.84. The molecule has 0 aliphatic carbocycles. The number of carbonyl (C=O) groups is 1. The van der Waals surface area contributed by atoms with E-state index in [0.29, 0.717) is 18.7 Å². The molecule has 0 unspecified atom stereocenters. The van der Waals surface area contributed by atoms with Crippen molar-refractivity contribution in [2.45, 2.75) is 18.0 Å². The Hall–Kier alpha value is -2.52. The molecule has 1 aliphatic heterocycles. The van der Waals surface area contributed by atoms with Gasteiger partial charge in [0.05, 0.1) is 17.1 Å². The molecule has 2 N–H and O–H groups in total. The number of nitrogens with zero attached hydrogens (tertiary/aromatic N) is 4. The van der Waals surface area contributed by atoms with Gasteiger partial charge in [0.15, 0.2) is 0 Å². The van der Waals surface area contributed by atoms with Crippen LogP contribution in [-0.2, 0) is 23.1 Å². The Morgan fingerprint density at radius 1 is 1.21 bits per heavy atom. The van der Waals surface area contributed by atoms with Crippen LogP contribution in [0.3, 0.4) is 0 Å². The number of amides is 1. The van der Waals surface area contributed by atoms with Gasteiger partial charge in [0.1, 0.15) is 0 Å². The normalized spacial score (nSPS) is 14.0. The third-order valence-corrected chi connectivity index (χ3v) is 5.67. The lowest BCUT2D eigenvalue weighted by molar-refractivity contribution is 0.0750. The van der Waals surface area contributed by atoms with Gasteiger partial charge in [0.2, 0.25) is 16.0 Å². The Kier molecular flexibility index (Phi) is 3.98. The highest BCUT2D eigenvalue weighted by Crippen LogP contribution is 2.23. The summed E-state index contributed by atoms with van der Waals surface area (Å²) in [4.78, 5) is 22.4. The first-order valence-electron chi connectivity index (χ1n) is 7.21. The highest BCUT2D eigenvalue weighted by molar-refractivity contribution is 7.89. The number of sulfonamides is 1. The van der Waals surface area contributed by atoms with Crippen LogP contribution in [0.15, 0.2) is 35.4 Å². The second-order valence-corrected chi connectivity index (χ2v) is 7.82. The maximum atomic E-state index is 12.6. The van der Waals surface area contributed by atoms with E-state index in [2.05, 4.69) is 9.97 Å². The molecule has 2 heterocycles. The highest BCUT2D eigenvalue weighted by atomic mass is 32.2. The van der Waals surface area contributed by atoms with Gasteiger partial charge >= 0.3 is 0 Å². The van der Waals surface area contributed by atoms with E-state index in [0.717, 1.165) is 15.6 Å². The van der Waals surface area contributed by atoms with Crippen LogP contribution in [0.25, 0.3) is 0 Å². The molecule has 3 rings (SSSR count).